The molecule has 0 amide bonds. The SMILES string of the molecule is CC(C)(C)OC(=O)C1c2ccccc2-c2cc(Cl)cc3c2C1NCC3. The summed E-state index contributed by atoms with van der Waals surface area (Å²) in [6.07, 6.45) is 0.919. The summed E-state index contributed by atoms with van der Waals surface area (Å²) >= 11 is 6.37. The third-order valence-electron chi connectivity index (χ3n) is 4.88. The van der Waals surface area contributed by atoms with Crippen LogP contribution in [0.5, 0.6) is 0 Å². The highest BCUT2D eigenvalue weighted by Crippen LogP contribution is 2.49. The van der Waals surface area contributed by atoms with Gasteiger partial charge >= 0.3 is 5.97 Å². The van der Waals surface area contributed by atoms with E-state index in [1.165, 1.54) is 11.1 Å². The van der Waals surface area contributed by atoms with Gasteiger partial charge in [-0.1, -0.05) is 35.9 Å². The number of hydrogen-bond donors (Lipinski definition) is 1. The molecule has 25 heavy (non-hydrogen) atoms. The van der Waals surface area contributed by atoms with Crippen LogP contribution >= 0.6 is 11.6 Å². The van der Waals surface area contributed by atoms with Gasteiger partial charge in [0.2, 0.25) is 0 Å². The lowest BCUT2D eigenvalue weighted by Crippen LogP contribution is -2.41. The van der Waals surface area contributed by atoms with E-state index in [2.05, 4.69) is 11.4 Å². The molecule has 4 heteroatoms. The van der Waals surface area contributed by atoms with Gasteiger partial charge in [0.25, 0.3) is 0 Å². The molecule has 3 nitrogen and oxygen atoms in total. The van der Waals surface area contributed by atoms with Crippen LogP contribution in [0.15, 0.2) is 36.4 Å². The average Bonchev–Trinajstić information content (AvgIpc) is 2.53. The molecule has 0 saturated heterocycles. The molecule has 1 aliphatic heterocycles. The molecule has 0 saturated carbocycles. The summed E-state index contributed by atoms with van der Waals surface area (Å²) in [7, 11) is 0. The number of hydrogen-bond acceptors (Lipinski definition) is 3. The van der Waals surface area contributed by atoms with Crippen LogP contribution in [0.2, 0.25) is 5.02 Å². The maximum absolute atomic E-state index is 13.1. The van der Waals surface area contributed by atoms with Crippen molar-refractivity contribution in [1.82, 2.24) is 5.32 Å². The molecule has 130 valence electrons. The van der Waals surface area contributed by atoms with Crippen molar-refractivity contribution in [3.8, 4) is 11.1 Å². The fourth-order valence-electron chi connectivity index (χ4n) is 4.04. The van der Waals surface area contributed by atoms with Crippen LogP contribution < -0.4 is 5.32 Å². The number of halogens is 1. The van der Waals surface area contributed by atoms with Crippen LogP contribution in [0.1, 0.15) is 49.4 Å². The van der Waals surface area contributed by atoms with Crippen molar-refractivity contribution in [2.24, 2.45) is 0 Å². The first-order chi connectivity index (χ1) is 11.8. The summed E-state index contributed by atoms with van der Waals surface area (Å²) in [6, 6.07) is 12.1. The fourth-order valence-corrected chi connectivity index (χ4v) is 4.28. The molecule has 2 aromatic carbocycles. The van der Waals surface area contributed by atoms with Crippen molar-refractivity contribution in [2.75, 3.05) is 6.54 Å². The van der Waals surface area contributed by atoms with Gasteiger partial charge in [-0.25, -0.2) is 0 Å². The molecule has 2 aliphatic rings. The lowest BCUT2D eigenvalue weighted by atomic mass is 9.72. The standard InChI is InChI=1S/C21H22ClNO2/c1-21(2,3)25-20(24)18-15-7-5-4-6-14(15)16-11-13(22)10-12-8-9-23-19(18)17(12)16/h4-7,10-11,18-19,23H,8-9H2,1-3H3. The molecule has 4 rings (SSSR count). The van der Waals surface area contributed by atoms with Crippen LogP contribution in [0.4, 0.5) is 0 Å². The molecule has 1 aliphatic carbocycles. The number of esters is 1. The minimum absolute atomic E-state index is 0.0687. The number of fused-ring (bicyclic) bond motifs is 2. The Balaban J connectivity index is 1.92. The van der Waals surface area contributed by atoms with E-state index in [1.54, 1.807) is 0 Å². The monoisotopic (exact) mass is 355 g/mol. The van der Waals surface area contributed by atoms with E-state index in [9.17, 15) is 4.79 Å². The van der Waals surface area contributed by atoms with Gasteiger partial charge in [-0.3, -0.25) is 4.79 Å². The lowest BCUT2D eigenvalue weighted by Gasteiger charge is -2.39. The molecule has 0 bridgehead atoms. The van der Waals surface area contributed by atoms with E-state index < -0.39 is 5.60 Å². The summed E-state index contributed by atoms with van der Waals surface area (Å²) in [4.78, 5) is 13.1. The molecule has 0 radical (unpaired) electrons. The van der Waals surface area contributed by atoms with E-state index in [0.29, 0.717) is 0 Å². The minimum Gasteiger partial charge on any atom is -0.459 e. The zero-order valence-corrected chi connectivity index (χ0v) is 15.5. The Morgan fingerprint density at radius 2 is 1.96 bits per heavy atom. The quantitative estimate of drug-likeness (QED) is 0.758. The van der Waals surface area contributed by atoms with Crippen LogP contribution in [0, 0.1) is 0 Å². The Morgan fingerprint density at radius 3 is 2.72 bits per heavy atom. The average molecular weight is 356 g/mol. The fraction of sp³-hybridized carbons (Fsp3) is 0.381. The first-order valence-corrected chi connectivity index (χ1v) is 9.11. The van der Waals surface area contributed by atoms with Gasteiger partial charge in [0.1, 0.15) is 11.5 Å². The predicted molar refractivity (Wildman–Crippen MR) is 99.9 cm³/mol. The van der Waals surface area contributed by atoms with Gasteiger partial charge in [-0.2, -0.15) is 0 Å². The third-order valence-corrected chi connectivity index (χ3v) is 5.10. The minimum atomic E-state index is -0.510. The van der Waals surface area contributed by atoms with Gasteiger partial charge in [0.15, 0.2) is 0 Å². The largest absolute Gasteiger partial charge is 0.459 e. The molecule has 1 heterocycles. The molecule has 0 aromatic heterocycles. The molecular weight excluding hydrogens is 334 g/mol. The van der Waals surface area contributed by atoms with E-state index in [-0.39, 0.29) is 17.9 Å². The first-order valence-electron chi connectivity index (χ1n) is 8.73. The number of carbonyl (C=O) groups excluding carboxylic acids is 1. The maximum Gasteiger partial charge on any atom is 0.315 e. The second-order valence-electron chi connectivity index (χ2n) is 7.81. The summed E-state index contributed by atoms with van der Waals surface area (Å²) in [5, 5.41) is 4.30. The highest BCUT2D eigenvalue weighted by Gasteiger charge is 2.42. The lowest BCUT2D eigenvalue weighted by molar-refractivity contribution is -0.157. The smallest absolute Gasteiger partial charge is 0.315 e. The third kappa shape index (κ3) is 2.86. The van der Waals surface area contributed by atoms with E-state index in [0.717, 1.165) is 34.7 Å². The van der Waals surface area contributed by atoms with E-state index in [4.69, 9.17) is 16.3 Å². The maximum atomic E-state index is 13.1. The Labute approximate surface area is 153 Å². The Bertz CT molecular complexity index is 853. The molecule has 2 aromatic rings. The Morgan fingerprint density at radius 1 is 1.20 bits per heavy atom. The summed E-state index contributed by atoms with van der Waals surface area (Å²) in [5.74, 6) is -0.519. The van der Waals surface area contributed by atoms with Crippen LogP contribution in [0.25, 0.3) is 11.1 Å². The molecule has 1 N–H and O–H groups in total. The normalized spacial score (nSPS) is 21.3. The van der Waals surface area contributed by atoms with E-state index >= 15 is 0 Å². The molecule has 2 atom stereocenters. The first kappa shape index (κ1) is 16.6. The molecule has 0 spiro atoms. The molecule has 2 unspecified atom stereocenters. The van der Waals surface area contributed by atoms with Crippen molar-refractivity contribution in [3.63, 3.8) is 0 Å². The van der Waals surface area contributed by atoms with Crippen molar-refractivity contribution < 1.29 is 9.53 Å². The zero-order valence-electron chi connectivity index (χ0n) is 14.7. The topological polar surface area (TPSA) is 38.3 Å². The van der Waals surface area contributed by atoms with Gasteiger partial charge < -0.3 is 10.1 Å². The second kappa shape index (κ2) is 5.86. The van der Waals surface area contributed by atoms with Gasteiger partial charge in [-0.15, -0.1) is 0 Å². The number of benzene rings is 2. The highest BCUT2D eigenvalue weighted by atomic mass is 35.5. The van der Waals surface area contributed by atoms with Crippen molar-refractivity contribution in [3.05, 3.63) is 58.1 Å². The van der Waals surface area contributed by atoms with Crippen LogP contribution in [0.3, 0.4) is 0 Å². The van der Waals surface area contributed by atoms with Crippen molar-refractivity contribution >= 4 is 17.6 Å². The predicted octanol–water partition coefficient (Wildman–Crippen LogP) is 4.63. The molecular formula is C21H22ClNO2. The van der Waals surface area contributed by atoms with E-state index in [1.807, 2.05) is 51.1 Å². The van der Waals surface area contributed by atoms with Gasteiger partial charge in [-0.05, 0) is 73.7 Å². The number of ether oxygens (including phenoxy) is 1. The van der Waals surface area contributed by atoms with Gasteiger partial charge in [0.05, 0.1) is 6.04 Å². The Hall–Kier alpha value is -1.84. The summed E-state index contributed by atoms with van der Waals surface area (Å²) < 4.78 is 5.76. The van der Waals surface area contributed by atoms with Gasteiger partial charge in [0, 0.05) is 5.02 Å². The van der Waals surface area contributed by atoms with Crippen molar-refractivity contribution in [2.45, 2.75) is 44.8 Å². The molecule has 0 fully saturated rings. The second-order valence-corrected chi connectivity index (χ2v) is 8.24. The number of nitrogens with one attached hydrogen (secondary N) is 1. The Kier molecular flexibility index (Phi) is 3.89. The summed E-state index contributed by atoms with van der Waals surface area (Å²) in [5.41, 5.74) is 5.15. The van der Waals surface area contributed by atoms with Crippen LogP contribution in [-0.2, 0) is 16.0 Å². The highest BCUT2D eigenvalue weighted by molar-refractivity contribution is 6.31. The number of rotatable bonds is 1. The zero-order chi connectivity index (χ0) is 17.8. The van der Waals surface area contributed by atoms with Crippen molar-refractivity contribution in [1.29, 1.82) is 0 Å². The van der Waals surface area contributed by atoms with Crippen LogP contribution in [-0.4, -0.2) is 18.1 Å². The number of carbonyl (C=O) groups is 1. The summed E-state index contributed by atoms with van der Waals surface area (Å²) in [6.45, 7) is 6.56.